The fourth-order valence-corrected chi connectivity index (χ4v) is 6.10. The monoisotopic (exact) mass is 443 g/mol. The number of fused-ring (bicyclic) bond motifs is 1. The van der Waals surface area contributed by atoms with Crippen LogP contribution in [0, 0.1) is 11.3 Å². The summed E-state index contributed by atoms with van der Waals surface area (Å²) >= 11 is 0. The molecule has 1 aromatic rings. The van der Waals surface area contributed by atoms with Gasteiger partial charge in [0.2, 0.25) is 5.91 Å². The minimum Gasteiger partial charge on any atom is -0.335 e. The molecule has 0 bridgehead atoms. The summed E-state index contributed by atoms with van der Waals surface area (Å²) < 4.78 is 27.1. The molecule has 2 aliphatic heterocycles. The maximum Gasteiger partial charge on any atom is 0.263 e. The number of sulfonamides is 1. The van der Waals surface area contributed by atoms with E-state index in [2.05, 4.69) is 26.0 Å². The molecule has 2 atom stereocenters. The molecule has 2 heterocycles. The van der Waals surface area contributed by atoms with Crippen LogP contribution in [0.15, 0.2) is 34.2 Å². The third-order valence-electron chi connectivity index (χ3n) is 6.60. The van der Waals surface area contributed by atoms with Crippen LogP contribution in [0.2, 0.25) is 0 Å². The SMILES string of the molecule is CCC(N=C1NS(=O)(=O)c2ccccc21)C(=O)NC1(C#N)CCN(C2CCCCC2)C1. The first-order valence-electron chi connectivity index (χ1n) is 11.0. The Bertz CT molecular complexity index is 1030. The van der Waals surface area contributed by atoms with Gasteiger partial charge in [0.25, 0.3) is 10.0 Å². The number of hydrogen-bond donors (Lipinski definition) is 2. The Morgan fingerprint density at radius 1 is 1.35 bits per heavy atom. The van der Waals surface area contributed by atoms with Crippen LogP contribution in [-0.4, -0.2) is 55.8 Å². The van der Waals surface area contributed by atoms with E-state index in [9.17, 15) is 18.5 Å². The van der Waals surface area contributed by atoms with E-state index in [0.29, 0.717) is 31.0 Å². The Kier molecular flexibility index (Phi) is 6.04. The van der Waals surface area contributed by atoms with Crippen molar-refractivity contribution < 1.29 is 13.2 Å². The number of rotatable bonds is 5. The predicted octanol–water partition coefficient (Wildman–Crippen LogP) is 1.92. The first-order chi connectivity index (χ1) is 14.9. The Morgan fingerprint density at radius 3 is 2.81 bits per heavy atom. The standard InChI is InChI=1S/C22H29N5O3S/c1-2-18(24-20-17-10-6-7-11-19(17)31(29,30)26-20)21(28)25-22(14-23)12-13-27(15-22)16-8-4-3-5-9-16/h6-7,10-11,16,18H,2-5,8-9,12-13,15H2,1H3,(H,24,26)(H,25,28). The molecule has 2 fully saturated rings. The van der Waals surface area contributed by atoms with Crippen LogP contribution in [0.4, 0.5) is 0 Å². The van der Waals surface area contributed by atoms with Crippen LogP contribution in [0.1, 0.15) is 57.4 Å². The summed E-state index contributed by atoms with van der Waals surface area (Å²) in [5, 5.41) is 12.9. The van der Waals surface area contributed by atoms with Gasteiger partial charge in [-0.2, -0.15) is 5.26 Å². The lowest BCUT2D eigenvalue weighted by molar-refractivity contribution is -0.123. The number of aliphatic imine (C=N–C) groups is 1. The van der Waals surface area contributed by atoms with Crippen molar-refractivity contribution in [2.45, 2.75) is 74.4 Å². The average molecular weight is 444 g/mol. The third-order valence-corrected chi connectivity index (χ3v) is 8.00. The number of nitrogens with one attached hydrogen (secondary N) is 2. The van der Waals surface area contributed by atoms with E-state index in [1.807, 2.05) is 6.92 Å². The van der Waals surface area contributed by atoms with Crippen molar-refractivity contribution in [3.63, 3.8) is 0 Å². The molecule has 8 nitrogen and oxygen atoms in total. The van der Waals surface area contributed by atoms with Gasteiger partial charge in [-0.05, 0) is 37.8 Å². The van der Waals surface area contributed by atoms with Gasteiger partial charge >= 0.3 is 0 Å². The molecule has 4 rings (SSSR count). The summed E-state index contributed by atoms with van der Waals surface area (Å²) in [7, 11) is -3.66. The molecule has 1 saturated carbocycles. The van der Waals surface area contributed by atoms with E-state index >= 15 is 0 Å². The van der Waals surface area contributed by atoms with Crippen LogP contribution in [0.5, 0.6) is 0 Å². The number of hydrogen-bond acceptors (Lipinski definition) is 6. The van der Waals surface area contributed by atoms with Crippen LogP contribution >= 0.6 is 0 Å². The van der Waals surface area contributed by atoms with E-state index in [0.717, 1.165) is 19.4 Å². The number of carbonyl (C=O) groups excluding carboxylic acids is 1. The van der Waals surface area contributed by atoms with Crippen LogP contribution < -0.4 is 10.0 Å². The van der Waals surface area contributed by atoms with Gasteiger partial charge in [0, 0.05) is 24.7 Å². The van der Waals surface area contributed by atoms with Crippen LogP contribution in [0.3, 0.4) is 0 Å². The normalized spacial score (nSPS) is 27.9. The fraction of sp³-hybridized carbons (Fsp3) is 0.591. The van der Waals surface area contributed by atoms with E-state index in [4.69, 9.17) is 0 Å². The number of amidine groups is 1. The topological polar surface area (TPSA) is 115 Å². The zero-order chi connectivity index (χ0) is 22.1. The molecule has 0 aromatic heterocycles. The van der Waals surface area contributed by atoms with Crippen molar-refractivity contribution in [1.82, 2.24) is 14.9 Å². The molecular formula is C22H29N5O3S. The molecule has 1 saturated heterocycles. The first-order valence-corrected chi connectivity index (χ1v) is 12.5. The minimum atomic E-state index is -3.66. The molecular weight excluding hydrogens is 414 g/mol. The lowest BCUT2D eigenvalue weighted by atomic mass is 9.94. The smallest absolute Gasteiger partial charge is 0.263 e. The Morgan fingerprint density at radius 2 is 2.10 bits per heavy atom. The molecule has 2 unspecified atom stereocenters. The summed E-state index contributed by atoms with van der Waals surface area (Å²) in [6, 6.07) is 8.64. The van der Waals surface area contributed by atoms with E-state index in [1.54, 1.807) is 18.2 Å². The van der Waals surface area contributed by atoms with Crippen molar-refractivity contribution in [2.24, 2.45) is 4.99 Å². The largest absolute Gasteiger partial charge is 0.335 e. The van der Waals surface area contributed by atoms with Crippen LogP contribution in [-0.2, 0) is 14.8 Å². The third kappa shape index (κ3) is 4.32. The van der Waals surface area contributed by atoms with Crippen LogP contribution in [0.25, 0.3) is 0 Å². The average Bonchev–Trinajstić information content (AvgIpc) is 3.32. The Hall–Kier alpha value is -2.44. The minimum absolute atomic E-state index is 0.163. The molecule has 9 heteroatoms. The predicted molar refractivity (Wildman–Crippen MR) is 117 cm³/mol. The first kappa shape index (κ1) is 21.8. The fourth-order valence-electron chi connectivity index (χ4n) is 4.86. The summed E-state index contributed by atoms with van der Waals surface area (Å²) in [6.45, 7) is 3.16. The molecule has 1 amide bonds. The zero-order valence-corrected chi connectivity index (χ0v) is 18.6. The van der Waals surface area contributed by atoms with Crippen molar-refractivity contribution in [2.75, 3.05) is 13.1 Å². The second-order valence-electron chi connectivity index (χ2n) is 8.70. The molecule has 1 aliphatic carbocycles. The van der Waals surface area contributed by atoms with Gasteiger partial charge in [0.1, 0.15) is 17.4 Å². The Labute approximate surface area is 183 Å². The lowest BCUT2D eigenvalue weighted by Crippen LogP contribution is -2.53. The summed E-state index contributed by atoms with van der Waals surface area (Å²) in [6.07, 6.45) is 7.01. The van der Waals surface area contributed by atoms with Gasteiger partial charge in [0.15, 0.2) is 0 Å². The lowest BCUT2D eigenvalue weighted by Gasteiger charge is -2.32. The molecule has 1 aromatic carbocycles. The molecule has 166 valence electrons. The zero-order valence-electron chi connectivity index (χ0n) is 17.8. The van der Waals surface area contributed by atoms with Gasteiger partial charge in [-0.25, -0.2) is 8.42 Å². The molecule has 3 aliphatic rings. The van der Waals surface area contributed by atoms with E-state index in [1.165, 1.54) is 25.3 Å². The number of nitriles is 1. The van der Waals surface area contributed by atoms with Crippen molar-refractivity contribution >= 4 is 21.8 Å². The number of nitrogens with zero attached hydrogens (tertiary/aromatic N) is 3. The highest BCUT2D eigenvalue weighted by atomic mass is 32.2. The maximum atomic E-state index is 13.1. The molecule has 31 heavy (non-hydrogen) atoms. The summed E-state index contributed by atoms with van der Waals surface area (Å²) in [4.78, 5) is 20.0. The van der Waals surface area contributed by atoms with Gasteiger partial charge in [-0.15, -0.1) is 0 Å². The molecule has 0 radical (unpaired) electrons. The van der Waals surface area contributed by atoms with E-state index < -0.39 is 21.6 Å². The summed E-state index contributed by atoms with van der Waals surface area (Å²) in [5.41, 5.74) is -0.456. The number of likely N-dealkylation sites (tertiary alicyclic amines) is 1. The number of carbonyl (C=O) groups is 1. The highest BCUT2D eigenvalue weighted by Gasteiger charge is 2.43. The quantitative estimate of drug-likeness (QED) is 0.722. The second-order valence-corrected chi connectivity index (χ2v) is 10.3. The maximum absolute atomic E-state index is 13.1. The van der Waals surface area contributed by atoms with Gasteiger partial charge < -0.3 is 5.32 Å². The van der Waals surface area contributed by atoms with Gasteiger partial charge in [0.05, 0.1) is 11.0 Å². The highest BCUT2D eigenvalue weighted by molar-refractivity contribution is 7.90. The van der Waals surface area contributed by atoms with E-state index in [-0.39, 0.29) is 16.6 Å². The number of benzene rings is 1. The highest BCUT2D eigenvalue weighted by Crippen LogP contribution is 2.30. The molecule has 2 N–H and O–H groups in total. The van der Waals surface area contributed by atoms with Crippen molar-refractivity contribution in [3.8, 4) is 6.07 Å². The Balaban J connectivity index is 1.49. The van der Waals surface area contributed by atoms with Crippen molar-refractivity contribution in [3.05, 3.63) is 29.8 Å². The summed E-state index contributed by atoms with van der Waals surface area (Å²) in [5.74, 6) is -0.163. The van der Waals surface area contributed by atoms with Gasteiger partial charge in [-0.3, -0.25) is 19.4 Å². The van der Waals surface area contributed by atoms with Gasteiger partial charge in [-0.1, -0.05) is 38.3 Å². The number of amides is 1. The van der Waals surface area contributed by atoms with Crippen molar-refractivity contribution in [1.29, 1.82) is 5.26 Å². The second kappa shape index (κ2) is 8.60. The molecule has 0 spiro atoms.